The van der Waals surface area contributed by atoms with E-state index in [0.717, 1.165) is 18.9 Å². The van der Waals surface area contributed by atoms with Crippen molar-refractivity contribution in [3.05, 3.63) is 18.1 Å². The van der Waals surface area contributed by atoms with Gasteiger partial charge in [0, 0.05) is 19.2 Å². The van der Waals surface area contributed by atoms with Crippen LogP contribution < -0.4 is 4.90 Å². The summed E-state index contributed by atoms with van der Waals surface area (Å²) in [5, 5.41) is 0. The Kier molecular flexibility index (Phi) is 4.03. The molecule has 0 aromatic carbocycles. The van der Waals surface area contributed by atoms with Crippen molar-refractivity contribution >= 4 is 11.8 Å². The van der Waals surface area contributed by atoms with Crippen molar-refractivity contribution in [2.45, 2.75) is 13.8 Å². The SMILES string of the molecule is CCN(CC)c1cc(C(=O)OC)ncn1. The number of carbonyl (C=O) groups excluding carboxylic acids is 1. The molecule has 0 radical (unpaired) electrons. The molecule has 5 heteroatoms. The van der Waals surface area contributed by atoms with E-state index in [1.165, 1.54) is 13.4 Å². The summed E-state index contributed by atoms with van der Waals surface area (Å²) in [6, 6.07) is 1.64. The Morgan fingerprint density at radius 3 is 2.60 bits per heavy atom. The summed E-state index contributed by atoms with van der Waals surface area (Å²) >= 11 is 0. The topological polar surface area (TPSA) is 55.3 Å². The molecule has 1 rings (SSSR count). The van der Waals surface area contributed by atoms with Crippen LogP contribution in [0.2, 0.25) is 0 Å². The molecule has 0 unspecified atom stereocenters. The molecule has 0 bridgehead atoms. The molecule has 0 spiro atoms. The van der Waals surface area contributed by atoms with Crippen LogP contribution in [0.3, 0.4) is 0 Å². The van der Waals surface area contributed by atoms with E-state index < -0.39 is 5.97 Å². The summed E-state index contributed by atoms with van der Waals surface area (Å²) < 4.78 is 4.59. The van der Waals surface area contributed by atoms with Crippen molar-refractivity contribution in [1.82, 2.24) is 9.97 Å². The van der Waals surface area contributed by atoms with Crippen LogP contribution in [0, 0.1) is 0 Å². The highest BCUT2D eigenvalue weighted by Crippen LogP contribution is 2.10. The third kappa shape index (κ3) is 2.65. The lowest BCUT2D eigenvalue weighted by Gasteiger charge is -2.19. The monoisotopic (exact) mass is 209 g/mol. The molecule has 15 heavy (non-hydrogen) atoms. The van der Waals surface area contributed by atoms with Crippen molar-refractivity contribution in [3.8, 4) is 0 Å². The van der Waals surface area contributed by atoms with Crippen LogP contribution in [0.5, 0.6) is 0 Å². The van der Waals surface area contributed by atoms with Gasteiger partial charge in [0.15, 0.2) is 5.69 Å². The summed E-state index contributed by atoms with van der Waals surface area (Å²) in [5.41, 5.74) is 0.286. The first kappa shape index (κ1) is 11.4. The largest absolute Gasteiger partial charge is 0.464 e. The molecule has 0 fully saturated rings. The fourth-order valence-corrected chi connectivity index (χ4v) is 1.28. The molecule has 0 N–H and O–H groups in total. The van der Waals surface area contributed by atoms with Crippen LogP contribution in [0.15, 0.2) is 12.4 Å². The molecular weight excluding hydrogens is 194 g/mol. The number of anilines is 1. The number of carbonyl (C=O) groups is 1. The Morgan fingerprint density at radius 1 is 1.40 bits per heavy atom. The van der Waals surface area contributed by atoms with Gasteiger partial charge in [-0.15, -0.1) is 0 Å². The van der Waals surface area contributed by atoms with Gasteiger partial charge in [0.25, 0.3) is 0 Å². The van der Waals surface area contributed by atoms with Crippen molar-refractivity contribution in [2.24, 2.45) is 0 Å². The fourth-order valence-electron chi connectivity index (χ4n) is 1.28. The van der Waals surface area contributed by atoms with Gasteiger partial charge in [-0.1, -0.05) is 0 Å². The van der Waals surface area contributed by atoms with Crippen molar-refractivity contribution < 1.29 is 9.53 Å². The molecule has 82 valence electrons. The van der Waals surface area contributed by atoms with E-state index in [9.17, 15) is 4.79 Å². The van der Waals surface area contributed by atoms with E-state index in [4.69, 9.17) is 0 Å². The minimum Gasteiger partial charge on any atom is -0.464 e. The number of nitrogens with zero attached hydrogens (tertiary/aromatic N) is 3. The van der Waals surface area contributed by atoms with Gasteiger partial charge >= 0.3 is 5.97 Å². The molecule has 0 saturated heterocycles. The molecule has 0 saturated carbocycles. The number of ether oxygens (including phenoxy) is 1. The second kappa shape index (κ2) is 5.29. The van der Waals surface area contributed by atoms with Crippen LogP contribution in [0.25, 0.3) is 0 Å². The van der Waals surface area contributed by atoms with Gasteiger partial charge in [0.1, 0.15) is 12.1 Å². The minimum atomic E-state index is -0.439. The third-order valence-electron chi connectivity index (χ3n) is 2.13. The molecule has 1 aromatic rings. The van der Waals surface area contributed by atoms with Gasteiger partial charge in [0.05, 0.1) is 7.11 Å². The number of esters is 1. The Labute approximate surface area is 89.1 Å². The van der Waals surface area contributed by atoms with Crippen molar-refractivity contribution in [2.75, 3.05) is 25.1 Å². The van der Waals surface area contributed by atoms with E-state index in [0.29, 0.717) is 0 Å². The van der Waals surface area contributed by atoms with E-state index in [1.807, 2.05) is 18.7 Å². The molecule has 0 aliphatic carbocycles. The molecule has 0 aliphatic rings. The second-order valence-electron chi connectivity index (χ2n) is 2.93. The number of rotatable bonds is 4. The lowest BCUT2D eigenvalue weighted by molar-refractivity contribution is 0.0594. The number of aromatic nitrogens is 2. The van der Waals surface area contributed by atoms with Crippen molar-refractivity contribution in [1.29, 1.82) is 0 Å². The summed E-state index contributed by atoms with van der Waals surface area (Å²) in [5.74, 6) is 0.307. The Balaban J connectivity index is 2.96. The zero-order chi connectivity index (χ0) is 11.3. The van der Waals surface area contributed by atoms with Gasteiger partial charge < -0.3 is 9.64 Å². The first-order valence-electron chi connectivity index (χ1n) is 4.88. The van der Waals surface area contributed by atoms with Gasteiger partial charge in [-0.25, -0.2) is 14.8 Å². The van der Waals surface area contributed by atoms with Gasteiger partial charge in [-0.2, -0.15) is 0 Å². The average molecular weight is 209 g/mol. The Bertz CT molecular complexity index is 337. The predicted octanol–water partition coefficient (Wildman–Crippen LogP) is 1.11. The standard InChI is InChI=1S/C10H15N3O2/c1-4-13(5-2)9-6-8(10(14)15-3)11-7-12-9/h6-7H,4-5H2,1-3H3. The van der Waals surface area contributed by atoms with Gasteiger partial charge in [-0.05, 0) is 13.8 Å². The fraction of sp³-hybridized carbons (Fsp3) is 0.500. The zero-order valence-corrected chi connectivity index (χ0v) is 9.23. The van der Waals surface area contributed by atoms with Crippen molar-refractivity contribution in [3.63, 3.8) is 0 Å². The Hall–Kier alpha value is -1.65. The number of hydrogen-bond donors (Lipinski definition) is 0. The maximum absolute atomic E-state index is 11.2. The summed E-state index contributed by atoms with van der Waals surface area (Å²) in [4.78, 5) is 21.2. The zero-order valence-electron chi connectivity index (χ0n) is 9.23. The summed E-state index contributed by atoms with van der Waals surface area (Å²) in [7, 11) is 1.33. The highest BCUT2D eigenvalue weighted by Gasteiger charge is 2.10. The quantitative estimate of drug-likeness (QED) is 0.695. The second-order valence-corrected chi connectivity index (χ2v) is 2.93. The highest BCUT2D eigenvalue weighted by atomic mass is 16.5. The van der Waals surface area contributed by atoms with Crippen LogP contribution in [0.4, 0.5) is 5.82 Å². The lowest BCUT2D eigenvalue weighted by atomic mass is 10.3. The van der Waals surface area contributed by atoms with Crippen LogP contribution >= 0.6 is 0 Å². The molecule has 0 atom stereocenters. The number of methoxy groups -OCH3 is 1. The average Bonchev–Trinajstić information content (AvgIpc) is 2.30. The van der Waals surface area contributed by atoms with Gasteiger partial charge in [-0.3, -0.25) is 0 Å². The molecule has 1 heterocycles. The van der Waals surface area contributed by atoms with Crippen LogP contribution in [-0.4, -0.2) is 36.1 Å². The minimum absolute atomic E-state index is 0.286. The van der Waals surface area contributed by atoms with E-state index >= 15 is 0 Å². The lowest BCUT2D eigenvalue weighted by Crippen LogP contribution is -2.23. The molecular formula is C10H15N3O2. The molecule has 5 nitrogen and oxygen atoms in total. The van der Waals surface area contributed by atoms with E-state index in [2.05, 4.69) is 14.7 Å². The first-order valence-corrected chi connectivity index (χ1v) is 4.88. The summed E-state index contributed by atoms with van der Waals surface area (Å²) in [6.45, 7) is 5.75. The third-order valence-corrected chi connectivity index (χ3v) is 2.13. The smallest absolute Gasteiger partial charge is 0.356 e. The predicted molar refractivity (Wildman–Crippen MR) is 56.9 cm³/mol. The molecule has 0 aliphatic heterocycles. The summed E-state index contributed by atoms with van der Waals surface area (Å²) in [6.07, 6.45) is 1.37. The highest BCUT2D eigenvalue weighted by molar-refractivity contribution is 5.87. The first-order chi connectivity index (χ1) is 7.22. The van der Waals surface area contributed by atoms with E-state index in [1.54, 1.807) is 6.07 Å². The maximum atomic E-state index is 11.2. The van der Waals surface area contributed by atoms with Crippen LogP contribution in [-0.2, 0) is 4.74 Å². The maximum Gasteiger partial charge on any atom is 0.356 e. The molecule has 0 amide bonds. The van der Waals surface area contributed by atoms with Crippen LogP contribution in [0.1, 0.15) is 24.3 Å². The van der Waals surface area contributed by atoms with Gasteiger partial charge in [0.2, 0.25) is 0 Å². The molecule has 1 aromatic heterocycles. The normalized spacial score (nSPS) is 9.80. The Morgan fingerprint density at radius 2 is 2.07 bits per heavy atom. The number of hydrogen-bond acceptors (Lipinski definition) is 5. The van der Waals surface area contributed by atoms with E-state index in [-0.39, 0.29) is 5.69 Å².